The summed E-state index contributed by atoms with van der Waals surface area (Å²) < 4.78 is 16.7. The number of carbonyl (C=O) groups excluding carboxylic acids is 3. The third-order valence-electron chi connectivity index (χ3n) is 9.62. The van der Waals surface area contributed by atoms with Gasteiger partial charge in [-0.2, -0.15) is 0 Å². The van der Waals surface area contributed by atoms with Crippen LogP contribution in [0, 0.1) is 0 Å². The van der Waals surface area contributed by atoms with Crippen LogP contribution in [0.2, 0.25) is 0 Å². The topological polar surface area (TPSA) is 78.9 Å². The smallest absolute Gasteiger partial charge is 0.306 e. The van der Waals surface area contributed by atoms with Gasteiger partial charge in [-0.1, -0.05) is 194 Å². The highest BCUT2D eigenvalue weighted by Gasteiger charge is 2.19. The normalized spacial score (nSPS) is 13.1. The van der Waals surface area contributed by atoms with Gasteiger partial charge in [-0.25, -0.2) is 0 Å². The molecular weight excluding hydrogens is 745 g/mol. The van der Waals surface area contributed by atoms with Crippen molar-refractivity contribution in [1.29, 1.82) is 0 Å². The second-order valence-electron chi connectivity index (χ2n) is 15.4. The summed E-state index contributed by atoms with van der Waals surface area (Å²) in [6, 6.07) is 0. The Hall–Kier alpha value is -3.93. The molecule has 0 aromatic carbocycles. The van der Waals surface area contributed by atoms with Crippen LogP contribution in [-0.4, -0.2) is 37.2 Å². The number of carbonyl (C=O) groups is 3. The third-order valence-corrected chi connectivity index (χ3v) is 9.62. The van der Waals surface area contributed by atoms with Gasteiger partial charge in [-0.3, -0.25) is 14.4 Å². The Morgan fingerprint density at radius 3 is 1.27 bits per heavy atom. The summed E-state index contributed by atoms with van der Waals surface area (Å²) in [4.78, 5) is 37.8. The van der Waals surface area contributed by atoms with E-state index in [0.717, 1.165) is 116 Å². The highest BCUT2D eigenvalue weighted by Crippen LogP contribution is 2.12. The van der Waals surface area contributed by atoms with Crippen molar-refractivity contribution in [3.8, 4) is 0 Å². The minimum absolute atomic E-state index is 0.109. The summed E-state index contributed by atoms with van der Waals surface area (Å²) in [6.45, 7) is 6.31. The van der Waals surface area contributed by atoms with Crippen molar-refractivity contribution in [1.82, 2.24) is 0 Å². The monoisotopic (exact) mass is 831 g/mol. The SMILES string of the molecule is CC/C=C\C/C=C\CCCCC(=O)OCC(COC(=O)CCCCCCC\C=C/C=C\C=C/C=C\C=C/CCC)OC(=O)CCCCCCCC/C=C\C=C/CCCCC. The molecule has 0 spiro atoms. The summed E-state index contributed by atoms with van der Waals surface area (Å²) in [7, 11) is 0. The molecule has 0 aliphatic rings. The molecule has 0 amide bonds. The van der Waals surface area contributed by atoms with Crippen molar-refractivity contribution in [2.75, 3.05) is 13.2 Å². The maximum absolute atomic E-state index is 12.7. The summed E-state index contributed by atoms with van der Waals surface area (Å²) in [6.07, 6.45) is 63.6. The minimum atomic E-state index is -0.808. The predicted molar refractivity (Wildman–Crippen MR) is 256 cm³/mol. The maximum atomic E-state index is 12.7. The molecule has 0 radical (unpaired) electrons. The van der Waals surface area contributed by atoms with E-state index in [9.17, 15) is 14.4 Å². The number of hydrogen-bond donors (Lipinski definition) is 0. The molecule has 1 unspecified atom stereocenters. The Bertz CT molecular complexity index is 1280. The van der Waals surface area contributed by atoms with Gasteiger partial charge in [0.25, 0.3) is 0 Å². The Morgan fingerprint density at radius 2 is 0.750 bits per heavy atom. The molecule has 338 valence electrons. The first-order valence-corrected chi connectivity index (χ1v) is 24.0. The van der Waals surface area contributed by atoms with Gasteiger partial charge in [0, 0.05) is 19.3 Å². The first kappa shape index (κ1) is 56.1. The first-order chi connectivity index (χ1) is 29.5. The fraction of sp³-hybridized carbons (Fsp3) is 0.611. The third kappa shape index (κ3) is 45.2. The predicted octanol–water partition coefficient (Wildman–Crippen LogP) is 15.6. The average Bonchev–Trinajstić information content (AvgIpc) is 3.24. The van der Waals surface area contributed by atoms with E-state index < -0.39 is 6.10 Å². The number of allylic oxidation sites excluding steroid dienone is 18. The number of hydrogen-bond acceptors (Lipinski definition) is 6. The molecule has 0 aliphatic carbocycles. The molecule has 0 heterocycles. The van der Waals surface area contributed by atoms with Crippen molar-refractivity contribution < 1.29 is 28.6 Å². The zero-order valence-electron chi connectivity index (χ0n) is 38.4. The summed E-state index contributed by atoms with van der Waals surface area (Å²) in [5.74, 6) is -0.991. The van der Waals surface area contributed by atoms with Crippen LogP contribution >= 0.6 is 0 Å². The van der Waals surface area contributed by atoms with Gasteiger partial charge in [-0.05, 0) is 89.9 Å². The lowest BCUT2D eigenvalue weighted by Gasteiger charge is -2.18. The van der Waals surface area contributed by atoms with Gasteiger partial charge in [0.15, 0.2) is 6.10 Å². The molecule has 0 aromatic rings. The summed E-state index contributed by atoms with van der Waals surface area (Å²) >= 11 is 0. The van der Waals surface area contributed by atoms with Crippen LogP contribution in [0.25, 0.3) is 0 Å². The first-order valence-electron chi connectivity index (χ1n) is 24.0. The number of rotatable bonds is 41. The molecule has 6 nitrogen and oxygen atoms in total. The van der Waals surface area contributed by atoms with Crippen molar-refractivity contribution in [3.05, 3.63) is 109 Å². The van der Waals surface area contributed by atoms with Gasteiger partial charge in [0.05, 0.1) is 0 Å². The Balaban J connectivity index is 4.47. The average molecular weight is 831 g/mol. The molecule has 0 fully saturated rings. The molecule has 0 N–H and O–H groups in total. The zero-order valence-corrected chi connectivity index (χ0v) is 38.4. The highest BCUT2D eigenvalue weighted by molar-refractivity contribution is 5.71. The highest BCUT2D eigenvalue weighted by atomic mass is 16.6. The van der Waals surface area contributed by atoms with E-state index in [1.807, 2.05) is 36.5 Å². The quantitative estimate of drug-likeness (QED) is 0.0201. The Kier molecular flexibility index (Phi) is 44.6. The van der Waals surface area contributed by atoms with Crippen molar-refractivity contribution in [3.63, 3.8) is 0 Å². The lowest BCUT2D eigenvalue weighted by molar-refractivity contribution is -0.167. The molecule has 0 aromatic heterocycles. The second kappa shape index (κ2) is 47.7. The molecule has 1 atom stereocenters. The van der Waals surface area contributed by atoms with Crippen LogP contribution < -0.4 is 0 Å². The fourth-order valence-corrected chi connectivity index (χ4v) is 6.03. The van der Waals surface area contributed by atoms with Gasteiger partial charge >= 0.3 is 17.9 Å². The van der Waals surface area contributed by atoms with E-state index in [2.05, 4.69) is 93.7 Å². The van der Waals surface area contributed by atoms with E-state index >= 15 is 0 Å². The number of ether oxygens (including phenoxy) is 3. The zero-order chi connectivity index (χ0) is 43.7. The van der Waals surface area contributed by atoms with Gasteiger partial charge in [0.2, 0.25) is 0 Å². The molecule has 60 heavy (non-hydrogen) atoms. The van der Waals surface area contributed by atoms with Gasteiger partial charge in [0.1, 0.15) is 13.2 Å². The molecule has 0 bridgehead atoms. The van der Waals surface area contributed by atoms with Crippen molar-refractivity contribution in [2.24, 2.45) is 0 Å². The van der Waals surface area contributed by atoms with Crippen LogP contribution in [0.3, 0.4) is 0 Å². The van der Waals surface area contributed by atoms with Crippen LogP contribution in [-0.2, 0) is 28.6 Å². The molecule has 0 saturated heterocycles. The fourth-order valence-electron chi connectivity index (χ4n) is 6.03. The standard InChI is InChI=1S/C54H86O6/c1-4-7-10-13-16-19-21-23-25-26-27-29-30-32-35-38-41-44-47-53(56)59-50-51(49-58-52(55)46-43-40-37-34-18-15-12-9-6-3)60-54(57)48-45-42-39-36-33-31-28-24-22-20-17-14-11-8-5-2/h9-10,12-13,16-27,29,34,51H,4-8,11,14-15,28,30-33,35-50H2,1-3H3/b12-9-,13-10-,19-16-,20-17-,23-21-,24-22-,26-25-,29-27-,34-18-. The summed E-state index contributed by atoms with van der Waals surface area (Å²) in [5.41, 5.74) is 0. The van der Waals surface area contributed by atoms with E-state index in [1.165, 1.54) is 38.5 Å². The van der Waals surface area contributed by atoms with E-state index in [4.69, 9.17) is 14.2 Å². The molecular formula is C54H86O6. The number of unbranched alkanes of at least 4 members (excludes halogenated alkanes) is 17. The van der Waals surface area contributed by atoms with Crippen LogP contribution in [0.1, 0.15) is 194 Å². The lowest BCUT2D eigenvalue weighted by Crippen LogP contribution is -2.30. The molecule has 0 rings (SSSR count). The second-order valence-corrected chi connectivity index (χ2v) is 15.4. The van der Waals surface area contributed by atoms with E-state index in [-0.39, 0.29) is 31.1 Å². The van der Waals surface area contributed by atoms with E-state index in [0.29, 0.717) is 19.3 Å². The molecule has 0 saturated carbocycles. The van der Waals surface area contributed by atoms with Crippen molar-refractivity contribution >= 4 is 17.9 Å². The van der Waals surface area contributed by atoms with Crippen LogP contribution in [0.4, 0.5) is 0 Å². The largest absolute Gasteiger partial charge is 0.462 e. The molecule has 0 aliphatic heterocycles. The van der Waals surface area contributed by atoms with Crippen LogP contribution in [0.5, 0.6) is 0 Å². The maximum Gasteiger partial charge on any atom is 0.306 e. The lowest BCUT2D eigenvalue weighted by atomic mass is 10.1. The van der Waals surface area contributed by atoms with Crippen molar-refractivity contribution in [2.45, 2.75) is 200 Å². The molecule has 6 heteroatoms. The minimum Gasteiger partial charge on any atom is -0.462 e. The van der Waals surface area contributed by atoms with Crippen LogP contribution in [0.15, 0.2) is 109 Å². The summed E-state index contributed by atoms with van der Waals surface area (Å²) in [5, 5.41) is 0. The van der Waals surface area contributed by atoms with Gasteiger partial charge < -0.3 is 14.2 Å². The Labute approximate surface area is 368 Å². The number of esters is 3. The van der Waals surface area contributed by atoms with Gasteiger partial charge in [-0.15, -0.1) is 0 Å². The Morgan fingerprint density at radius 1 is 0.367 bits per heavy atom. The van der Waals surface area contributed by atoms with E-state index in [1.54, 1.807) is 0 Å².